The van der Waals surface area contributed by atoms with Crippen LogP contribution in [0.1, 0.15) is 53.2 Å². The first-order chi connectivity index (χ1) is 19.8. The molecular weight excluding hydrogens is 568 g/mol. The van der Waals surface area contributed by atoms with Crippen molar-refractivity contribution in [2.45, 2.75) is 83.1 Å². The number of carbonyl (C=O) groups is 1. The number of imidazole rings is 1. The van der Waals surface area contributed by atoms with Crippen molar-refractivity contribution in [1.82, 2.24) is 24.6 Å². The number of nitrogens with zero attached hydrogens (tertiary/aromatic N) is 5. The van der Waals surface area contributed by atoms with Crippen LogP contribution in [-0.2, 0) is 23.4 Å². The number of carbonyl (C=O) groups excluding carboxylic acids is 1. The Hall–Kier alpha value is -3.32. The number of alkyl halides is 1. The van der Waals surface area contributed by atoms with E-state index in [2.05, 4.69) is 20.0 Å². The predicted molar refractivity (Wildman–Crippen MR) is 154 cm³/mol. The molecule has 2 aliphatic rings. The van der Waals surface area contributed by atoms with Crippen LogP contribution in [0.5, 0.6) is 5.75 Å². The zero-order valence-electron chi connectivity index (χ0n) is 24.3. The van der Waals surface area contributed by atoms with E-state index in [1.807, 2.05) is 11.9 Å². The summed E-state index contributed by atoms with van der Waals surface area (Å²) in [6.45, 7) is 6.02. The van der Waals surface area contributed by atoms with E-state index in [4.69, 9.17) is 24.3 Å². The molecule has 228 valence electrons. The quantitative estimate of drug-likeness (QED) is 0.225. The lowest BCUT2D eigenvalue weighted by atomic mass is 10.0. The van der Waals surface area contributed by atoms with Crippen LogP contribution in [-0.4, -0.2) is 69.1 Å². The molecule has 2 aromatic heterocycles. The van der Waals surface area contributed by atoms with Crippen molar-refractivity contribution < 1.29 is 32.3 Å². The second kappa shape index (κ2) is 11.8. The Bertz CT molecular complexity index is 1470. The molecule has 13 nitrogen and oxygen atoms in total. The van der Waals surface area contributed by atoms with Gasteiger partial charge in [0.15, 0.2) is 28.9 Å². The van der Waals surface area contributed by atoms with Gasteiger partial charge in [0.25, 0.3) is 0 Å². The number of nitrogen functional groups attached to an aromatic ring is 1. The Labute approximate surface area is 243 Å². The van der Waals surface area contributed by atoms with Crippen LogP contribution >= 0.6 is 7.75 Å². The predicted octanol–water partition coefficient (Wildman–Crippen LogP) is 4.16. The summed E-state index contributed by atoms with van der Waals surface area (Å²) < 4.78 is 54.1. The Morgan fingerprint density at radius 2 is 2.00 bits per heavy atom. The van der Waals surface area contributed by atoms with Gasteiger partial charge in [-0.25, -0.2) is 13.9 Å². The normalized spacial score (nSPS) is 24.5. The molecule has 0 bridgehead atoms. The third-order valence-electron chi connectivity index (χ3n) is 7.02. The molecule has 1 aromatic carbocycles. The van der Waals surface area contributed by atoms with E-state index in [1.54, 1.807) is 44.2 Å². The van der Waals surface area contributed by atoms with Gasteiger partial charge in [0.1, 0.15) is 11.8 Å². The van der Waals surface area contributed by atoms with Gasteiger partial charge in [-0.15, -0.1) is 0 Å². The van der Waals surface area contributed by atoms with Crippen molar-refractivity contribution >= 4 is 36.6 Å². The topological polar surface area (TPSA) is 156 Å². The molecule has 0 unspecified atom stereocenters. The fraction of sp³-hybridized carbons (Fsp3) is 0.556. The summed E-state index contributed by atoms with van der Waals surface area (Å²) >= 11 is 0. The zero-order valence-corrected chi connectivity index (χ0v) is 25.2. The van der Waals surface area contributed by atoms with E-state index in [0.29, 0.717) is 23.0 Å². The molecule has 0 spiro atoms. The molecule has 3 heterocycles. The fourth-order valence-corrected chi connectivity index (χ4v) is 6.38. The minimum atomic E-state index is -4.15. The van der Waals surface area contributed by atoms with Gasteiger partial charge in [-0.05, 0) is 52.7 Å². The number of para-hydroxylation sites is 1. The van der Waals surface area contributed by atoms with Gasteiger partial charge in [0.05, 0.1) is 25.1 Å². The Morgan fingerprint density at radius 3 is 2.67 bits per heavy atom. The second-order valence-electron chi connectivity index (χ2n) is 11.2. The van der Waals surface area contributed by atoms with E-state index in [9.17, 15) is 9.36 Å². The maximum Gasteiger partial charge on any atom is 0.459 e. The van der Waals surface area contributed by atoms with E-state index in [0.717, 1.165) is 12.8 Å². The van der Waals surface area contributed by atoms with Crippen molar-refractivity contribution in [3.8, 4) is 5.75 Å². The molecule has 0 radical (unpaired) electrons. The van der Waals surface area contributed by atoms with Crippen LogP contribution in [0, 0.1) is 0 Å². The highest BCUT2D eigenvalue weighted by atomic mass is 31.2. The van der Waals surface area contributed by atoms with Crippen LogP contribution in [0.4, 0.5) is 16.2 Å². The molecule has 1 saturated carbocycles. The minimum absolute atomic E-state index is 0.0420. The van der Waals surface area contributed by atoms with Crippen molar-refractivity contribution in [3.05, 3.63) is 36.7 Å². The maximum absolute atomic E-state index is 16.0. The number of anilines is 2. The molecule has 0 amide bonds. The SMILES string of the molecule is CC(C)OC(=O)[C@@H](C)N[P@](=O)(OC[C@@H]1C[C@@](C)(F)[C@H](n2cnc3c(N(C)C4CC4)nc(N)nc32)O1)Oc1ccccc1. The number of rotatable bonds is 12. The first kappa shape index (κ1) is 30.1. The van der Waals surface area contributed by atoms with Gasteiger partial charge in [0, 0.05) is 19.5 Å². The van der Waals surface area contributed by atoms with Crippen molar-refractivity contribution in [1.29, 1.82) is 0 Å². The molecule has 5 atom stereocenters. The lowest BCUT2D eigenvalue weighted by Gasteiger charge is -2.24. The monoisotopic (exact) mass is 605 g/mol. The van der Waals surface area contributed by atoms with Crippen LogP contribution in [0.2, 0.25) is 0 Å². The molecule has 3 aromatic rings. The fourth-order valence-electron chi connectivity index (χ4n) is 4.86. The number of esters is 1. The number of hydrogen-bond donors (Lipinski definition) is 2. The Morgan fingerprint density at radius 1 is 1.29 bits per heavy atom. The standard InChI is InChI=1S/C27H37FN7O6P/c1-16(2)39-24(36)17(3)33-42(37,41-19-9-7-6-8-10-19)38-14-20-13-27(4,28)25(40-20)35-15-30-21-22(34(5)18-11-12-18)31-26(29)32-23(21)35/h6-10,15-18,20,25H,11-14H2,1-5H3,(H,33,37)(H2,29,31,32)/t17-,20+,25-,27-,42+/m1/s1. The van der Waals surface area contributed by atoms with E-state index >= 15 is 4.39 Å². The maximum atomic E-state index is 16.0. The van der Waals surface area contributed by atoms with E-state index < -0.39 is 37.8 Å². The molecular formula is C27H37FN7O6P. The highest BCUT2D eigenvalue weighted by molar-refractivity contribution is 7.52. The number of halogens is 1. The third kappa shape index (κ3) is 6.67. The largest absolute Gasteiger partial charge is 0.462 e. The third-order valence-corrected chi connectivity index (χ3v) is 8.66. The average Bonchev–Trinajstić information content (AvgIpc) is 3.62. The summed E-state index contributed by atoms with van der Waals surface area (Å²) in [5.41, 5.74) is 4.99. The van der Waals surface area contributed by atoms with Gasteiger partial charge >= 0.3 is 13.7 Å². The average molecular weight is 606 g/mol. The molecule has 1 aliphatic carbocycles. The lowest BCUT2D eigenvalue weighted by Crippen LogP contribution is -2.36. The summed E-state index contributed by atoms with van der Waals surface area (Å²) in [7, 11) is -2.23. The second-order valence-corrected chi connectivity index (χ2v) is 12.9. The number of aromatic nitrogens is 4. The summed E-state index contributed by atoms with van der Waals surface area (Å²) in [4.78, 5) is 27.6. The zero-order chi connectivity index (χ0) is 30.2. The minimum Gasteiger partial charge on any atom is -0.462 e. The summed E-state index contributed by atoms with van der Waals surface area (Å²) in [5.74, 6) is 0.249. The summed E-state index contributed by atoms with van der Waals surface area (Å²) in [6, 6.07) is 7.71. The van der Waals surface area contributed by atoms with Gasteiger partial charge in [-0.2, -0.15) is 15.1 Å². The molecule has 42 heavy (non-hydrogen) atoms. The first-order valence-electron chi connectivity index (χ1n) is 13.9. The van der Waals surface area contributed by atoms with E-state index in [1.165, 1.54) is 24.7 Å². The van der Waals surface area contributed by atoms with Crippen molar-refractivity contribution in [2.24, 2.45) is 0 Å². The Balaban J connectivity index is 1.34. The summed E-state index contributed by atoms with van der Waals surface area (Å²) in [5, 5.41) is 2.63. The number of hydrogen-bond acceptors (Lipinski definition) is 11. The number of nitrogens with two attached hydrogens (primary N) is 1. The number of benzene rings is 1. The first-order valence-corrected chi connectivity index (χ1v) is 15.4. The van der Waals surface area contributed by atoms with Crippen LogP contribution < -0.4 is 20.2 Å². The molecule has 2 fully saturated rings. The van der Waals surface area contributed by atoms with Crippen molar-refractivity contribution in [2.75, 3.05) is 24.3 Å². The number of nitrogens with one attached hydrogen (secondary N) is 1. The van der Waals surface area contributed by atoms with Crippen LogP contribution in [0.15, 0.2) is 36.7 Å². The van der Waals surface area contributed by atoms with E-state index in [-0.39, 0.29) is 30.8 Å². The number of ether oxygens (including phenoxy) is 2. The number of fused-ring (bicyclic) bond motifs is 1. The summed E-state index contributed by atoms with van der Waals surface area (Å²) in [6.07, 6.45) is 1.17. The molecule has 1 aliphatic heterocycles. The van der Waals surface area contributed by atoms with Gasteiger partial charge < -0.3 is 24.6 Å². The molecule has 5 rings (SSSR count). The van der Waals surface area contributed by atoms with Gasteiger partial charge in [-0.1, -0.05) is 18.2 Å². The molecule has 3 N–H and O–H groups in total. The smallest absolute Gasteiger partial charge is 0.459 e. The van der Waals surface area contributed by atoms with Gasteiger partial charge in [-0.3, -0.25) is 13.9 Å². The van der Waals surface area contributed by atoms with Crippen molar-refractivity contribution in [3.63, 3.8) is 0 Å². The lowest BCUT2D eigenvalue weighted by molar-refractivity contribution is -0.149. The Kier molecular flexibility index (Phi) is 8.44. The highest BCUT2D eigenvalue weighted by Gasteiger charge is 2.49. The molecule has 1 saturated heterocycles. The van der Waals surface area contributed by atoms with Crippen LogP contribution in [0.25, 0.3) is 11.2 Å². The van der Waals surface area contributed by atoms with Gasteiger partial charge in [0.2, 0.25) is 5.95 Å². The molecule has 15 heteroatoms. The highest BCUT2D eigenvalue weighted by Crippen LogP contribution is 2.48. The van der Waals surface area contributed by atoms with Crippen LogP contribution in [0.3, 0.4) is 0 Å².